The first-order valence-corrected chi connectivity index (χ1v) is 15.0. The van der Waals surface area contributed by atoms with Crippen molar-refractivity contribution >= 4 is 0 Å². The molecule has 1 saturated heterocycles. The summed E-state index contributed by atoms with van der Waals surface area (Å²) in [6.07, 6.45) is 3.00. The van der Waals surface area contributed by atoms with Crippen LogP contribution in [0.25, 0.3) is 0 Å². The van der Waals surface area contributed by atoms with Crippen LogP contribution in [0.5, 0.6) is 11.5 Å². The fraction of sp³-hybridized carbons (Fsp3) is 0.324. The van der Waals surface area contributed by atoms with Gasteiger partial charge in [-0.05, 0) is 47.6 Å². The molecular weight excluding hydrogens is 504 g/mol. The molecule has 2 unspecified atom stereocenters. The Kier molecular flexibility index (Phi) is 6.77. The minimum Gasteiger partial charge on any atom is -0.454 e. The molecule has 0 N–H and O–H groups in total. The van der Waals surface area contributed by atoms with E-state index in [1.807, 2.05) is 12.1 Å². The molecule has 2 atom stereocenters. The minimum atomic E-state index is -0.602. The number of hydrogen-bond acceptors (Lipinski definition) is 3. The number of likely N-dealkylation sites (tertiary alicyclic amines) is 1. The normalized spacial score (nSPS) is 24.0. The van der Waals surface area contributed by atoms with Gasteiger partial charge in [0.15, 0.2) is 11.5 Å². The molecule has 0 radical (unpaired) electrons. The molecule has 3 aliphatic rings. The van der Waals surface area contributed by atoms with Crippen molar-refractivity contribution in [1.82, 2.24) is 0 Å². The van der Waals surface area contributed by atoms with Crippen molar-refractivity contribution in [3.8, 4) is 17.6 Å². The predicted octanol–water partition coefficient (Wildman–Crippen LogP) is 7.14. The quantitative estimate of drug-likeness (QED) is 0.200. The second-order valence-electron chi connectivity index (χ2n) is 12.3. The fourth-order valence-corrected chi connectivity index (χ4v) is 7.76. The highest BCUT2D eigenvalue weighted by atomic mass is 16.7. The highest BCUT2D eigenvalue weighted by molar-refractivity contribution is 5.46. The zero-order chi connectivity index (χ0) is 27.7. The number of nitrogens with zero attached hydrogens (tertiary/aromatic N) is 2. The lowest BCUT2D eigenvalue weighted by Gasteiger charge is -2.37. The summed E-state index contributed by atoms with van der Waals surface area (Å²) in [5.74, 6) is 3.94. The monoisotopic (exact) mass is 541 g/mol. The van der Waals surface area contributed by atoms with Crippen LogP contribution in [0.1, 0.15) is 35.1 Å². The number of benzene rings is 4. The van der Waals surface area contributed by atoms with Gasteiger partial charge in [0.25, 0.3) is 0 Å². The number of ether oxygens (including phenoxy) is 2. The summed E-state index contributed by atoms with van der Waals surface area (Å²) in [7, 11) is 0. The first-order valence-electron chi connectivity index (χ1n) is 15.0. The van der Waals surface area contributed by atoms with Crippen molar-refractivity contribution in [3.05, 3.63) is 131 Å². The van der Waals surface area contributed by atoms with E-state index >= 15 is 0 Å². The Morgan fingerprint density at radius 2 is 1.34 bits per heavy atom. The van der Waals surface area contributed by atoms with E-state index in [1.54, 1.807) is 0 Å². The summed E-state index contributed by atoms with van der Waals surface area (Å²) >= 11 is 0. The largest absolute Gasteiger partial charge is 0.454 e. The van der Waals surface area contributed by atoms with Crippen molar-refractivity contribution in [2.75, 3.05) is 26.4 Å². The molecule has 1 saturated carbocycles. The van der Waals surface area contributed by atoms with Crippen LogP contribution in [-0.2, 0) is 18.4 Å². The zero-order valence-corrected chi connectivity index (χ0v) is 23.5. The summed E-state index contributed by atoms with van der Waals surface area (Å²) in [6, 6.07) is 41.0. The molecule has 4 aromatic carbocycles. The highest BCUT2D eigenvalue weighted by Crippen LogP contribution is 2.58. The maximum absolute atomic E-state index is 10.6. The number of rotatable bonds is 10. The van der Waals surface area contributed by atoms with Crippen LogP contribution in [0.2, 0.25) is 0 Å². The summed E-state index contributed by atoms with van der Waals surface area (Å²) in [6.45, 7) is 4.99. The summed E-state index contributed by atoms with van der Waals surface area (Å²) in [5.41, 5.74) is 4.36. The molecular formula is C37H37N2O2+. The van der Waals surface area contributed by atoms with Crippen molar-refractivity contribution < 1.29 is 14.0 Å². The van der Waals surface area contributed by atoms with E-state index in [0.29, 0.717) is 12.7 Å². The molecule has 0 amide bonds. The summed E-state index contributed by atoms with van der Waals surface area (Å²) in [5, 5.41) is 10.6. The van der Waals surface area contributed by atoms with Crippen LogP contribution in [0.3, 0.4) is 0 Å². The van der Waals surface area contributed by atoms with Crippen LogP contribution < -0.4 is 9.47 Å². The van der Waals surface area contributed by atoms with Gasteiger partial charge in [0.05, 0.1) is 25.7 Å². The van der Waals surface area contributed by atoms with E-state index in [9.17, 15) is 5.26 Å². The lowest BCUT2D eigenvalue weighted by Crippen LogP contribution is -2.48. The lowest BCUT2D eigenvalue weighted by atomic mass is 9.72. The standard InChI is InChI=1S/C37H37N2O2/c38-26-37(30-12-6-2-7-13-30,31-14-8-3-9-15-31)20-18-32-33-24-39(25-34(32)33,23-29-10-4-1-5-11-29)21-19-28-16-17-35-36(22-28)41-27-40-35/h1-17,22,32-34H,18-21,23-25,27H2/q+1. The third-order valence-electron chi connectivity index (χ3n) is 9.95. The maximum Gasteiger partial charge on any atom is 0.231 e. The molecule has 2 fully saturated rings. The molecule has 0 spiro atoms. The Bertz CT molecular complexity index is 1480. The number of fused-ring (bicyclic) bond motifs is 2. The van der Waals surface area contributed by atoms with Gasteiger partial charge in [-0.25, -0.2) is 0 Å². The second-order valence-corrected chi connectivity index (χ2v) is 12.3. The van der Waals surface area contributed by atoms with Gasteiger partial charge in [0.2, 0.25) is 6.79 Å². The van der Waals surface area contributed by atoms with Gasteiger partial charge in [0, 0.05) is 23.8 Å². The molecule has 4 heteroatoms. The van der Waals surface area contributed by atoms with Crippen LogP contribution in [0.4, 0.5) is 0 Å². The van der Waals surface area contributed by atoms with Crippen molar-refractivity contribution in [2.45, 2.75) is 31.2 Å². The summed E-state index contributed by atoms with van der Waals surface area (Å²) < 4.78 is 12.3. The maximum atomic E-state index is 10.6. The van der Waals surface area contributed by atoms with E-state index in [4.69, 9.17) is 9.47 Å². The molecule has 206 valence electrons. The molecule has 4 aromatic rings. The third kappa shape index (κ3) is 5.00. The SMILES string of the molecule is N#CC(CCC1C2C[N+](CCc3ccc4c(c3)OCO4)(Cc3ccccc3)CC12)(c1ccccc1)c1ccccc1. The first-order chi connectivity index (χ1) is 20.2. The van der Waals surface area contributed by atoms with Crippen LogP contribution >= 0.6 is 0 Å². The molecule has 2 heterocycles. The topological polar surface area (TPSA) is 42.2 Å². The predicted molar refractivity (Wildman–Crippen MR) is 160 cm³/mol. The number of quaternary nitrogens is 1. The molecule has 0 aromatic heterocycles. The molecule has 4 nitrogen and oxygen atoms in total. The zero-order valence-electron chi connectivity index (χ0n) is 23.5. The Morgan fingerprint density at radius 1 is 0.732 bits per heavy atom. The molecule has 0 bridgehead atoms. The number of piperidine rings is 1. The van der Waals surface area contributed by atoms with E-state index in [-0.39, 0.29) is 0 Å². The van der Waals surface area contributed by atoms with Gasteiger partial charge in [-0.3, -0.25) is 0 Å². The van der Waals surface area contributed by atoms with Gasteiger partial charge < -0.3 is 14.0 Å². The van der Waals surface area contributed by atoms with E-state index in [0.717, 1.165) is 71.3 Å². The van der Waals surface area contributed by atoms with Gasteiger partial charge >= 0.3 is 0 Å². The second kappa shape index (κ2) is 10.7. The Labute approximate surface area is 243 Å². The molecule has 7 rings (SSSR count). The Morgan fingerprint density at radius 3 is 1.98 bits per heavy atom. The van der Waals surface area contributed by atoms with Crippen LogP contribution in [0, 0.1) is 29.1 Å². The van der Waals surface area contributed by atoms with Gasteiger partial charge in [0.1, 0.15) is 12.0 Å². The van der Waals surface area contributed by atoms with E-state index in [1.165, 1.54) is 24.2 Å². The van der Waals surface area contributed by atoms with Crippen molar-refractivity contribution in [1.29, 1.82) is 5.26 Å². The van der Waals surface area contributed by atoms with Gasteiger partial charge in [-0.1, -0.05) is 97.1 Å². The summed E-state index contributed by atoms with van der Waals surface area (Å²) in [4.78, 5) is 0. The Balaban J connectivity index is 1.07. The fourth-order valence-electron chi connectivity index (χ4n) is 7.76. The van der Waals surface area contributed by atoms with E-state index in [2.05, 4.69) is 103 Å². The van der Waals surface area contributed by atoms with Gasteiger partial charge in [-0.2, -0.15) is 5.26 Å². The number of nitriles is 1. The average molecular weight is 542 g/mol. The van der Waals surface area contributed by atoms with Crippen molar-refractivity contribution in [3.63, 3.8) is 0 Å². The smallest absolute Gasteiger partial charge is 0.231 e. The molecule has 41 heavy (non-hydrogen) atoms. The van der Waals surface area contributed by atoms with Gasteiger partial charge in [-0.15, -0.1) is 0 Å². The first kappa shape index (κ1) is 25.9. The third-order valence-corrected chi connectivity index (χ3v) is 9.95. The number of hydrogen-bond donors (Lipinski definition) is 0. The molecule has 1 aliphatic carbocycles. The lowest BCUT2D eigenvalue weighted by molar-refractivity contribution is -0.934. The minimum absolute atomic E-state index is 0.319. The highest BCUT2D eigenvalue weighted by Gasteiger charge is 2.62. The molecule has 2 aliphatic heterocycles. The van der Waals surface area contributed by atoms with Crippen molar-refractivity contribution in [2.24, 2.45) is 17.8 Å². The Hall–Kier alpha value is -4.07. The average Bonchev–Trinajstić information content (AvgIpc) is 3.32. The van der Waals surface area contributed by atoms with E-state index < -0.39 is 5.41 Å². The van der Waals surface area contributed by atoms with Crippen LogP contribution in [0.15, 0.2) is 109 Å². The van der Waals surface area contributed by atoms with Crippen LogP contribution in [-0.4, -0.2) is 30.9 Å².